The van der Waals surface area contributed by atoms with Gasteiger partial charge in [0.2, 0.25) is 0 Å². The summed E-state index contributed by atoms with van der Waals surface area (Å²) in [4.78, 5) is 9.73. The lowest BCUT2D eigenvalue weighted by atomic mass is 9.81. The van der Waals surface area contributed by atoms with Crippen LogP contribution in [0, 0.1) is 0 Å². The lowest BCUT2D eigenvalue weighted by molar-refractivity contribution is 0.208. The lowest BCUT2D eigenvalue weighted by Crippen LogP contribution is -2.22. The molecule has 0 spiro atoms. The molecular formula is C38H49N3O. The van der Waals surface area contributed by atoms with Gasteiger partial charge < -0.3 is 14.5 Å². The zero-order valence-corrected chi connectivity index (χ0v) is 26.6. The van der Waals surface area contributed by atoms with E-state index in [-0.39, 0.29) is 0 Å². The van der Waals surface area contributed by atoms with E-state index < -0.39 is 0 Å². The number of aliphatic imine (C=N–C) groups is 1. The molecule has 0 atom stereocenters. The van der Waals surface area contributed by atoms with E-state index in [1.54, 1.807) is 7.11 Å². The molecule has 3 aromatic rings. The zero-order valence-electron chi connectivity index (χ0n) is 26.6. The van der Waals surface area contributed by atoms with E-state index in [0.717, 1.165) is 38.3 Å². The fourth-order valence-corrected chi connectivity index (χ4v) is 5.96. The van der Waals surface area contributed by atoms with Crippen molar-refractivity contribution in [2.45, 2.75) is 53.9 Å². The molecule has 0 bridgehead atoms. The van der Waals surface area contributed by atoms with Gasteiger partial charge in [0.1, 0.15) is 0 Å². The third kappa shape index (κ3) is 7.04. The molecule has 1 aliphatic rings. The van der Waals surface area contributed by atoms with Gasteiger partial charge in [0.15, 0.2) is 0 Å². The summed E-state index contributed by atoms with van der Waals surface area (Å²) < 4.78 is 5.28. The van der Waals surface area contributed by atoms with E-state index in [1.807, 2.05) is 0 Å². The van der Waals surface area contributed by atoms with Crippen LogP contribution in [0.4, 0.5) is 11.4 Å². The summed E-state index contributed by atoms with van der Waals surface area (Å²) in [6.45, 7) is 16.5. The summed E-state index contributed by atoms with van der Waals surface area (Å²) in [5.74, 6) is 0. The minimum Gasteiger partial charge on any atom is -0.383 e. The van der Waals surface area contributed by atoms with E-state index in [2.05, 4.69) is 123 Å². The number of ether oxygens (including phenoxy) is 1. The van der Waals surface area contributed by atoms with E-state index in [9.17, 15) is 0 Å². The van der Waals surface area contributed by atoms with Crippen molar-refractivity contribution in [1.29, 1.82) is 0 Å². The second-order valence-corrected chi connectivity index (χ2v) is 10.8. The number of aryl methyl sites for hydroxylation is 1. The predicted molar refractivity (Wildman–Crippen MR) is 183 cm³/mol. The molecule has 3 aromatic carbocycles. The van der Waals surface area contributed by atoms with Gasteiger partial charge in [-0.3, -0.25) is 4.99 Å². The largest absolute Gasteiger partial charge is 0.383 e. The fraction of sp³-hybridized carbons (Fsp3) is 0.395. The highest BCUT2D eigenvalue weighted by Gasteiger charge is 2.22. The average Bonchev–Trinajstić information content (AvgIpc) is 3.03. The molecule has 0 N–H and O–H groups in total. The molecule has 0 amide bonds. The van der Waals surface area contributed by atoms with Gasteiger partial charge in [-0.1, -0.05) is 61.9 Å². The molecule has 42 heavy (non-hydrogen) atoms. The Balaban J connectivity index is 1.98. The van der Waals surface area contributed by atoms with E-state index in [1.165, 1.54) is 63.2 Å². The van der Waals surface area contributed by atoms with E-state index in [0.29, 0.717) is 13.2 Å². The van der Waals surface area contributed by atoms with Crippen molar-refractivity contribution in [3.8, 4) is 0 Å². The van der Waals surface area contributed by atoms with Crippen LogP contribution in [-0.4, -0.2) is 52.2 Å². The average molecular weight is 564 g/mol. The summed E-state index contributed by atoms with van der Waals surface area (Å²) in [6.07, 6.45) is 7.87. The number of methoxy groups -OCH3 is 1. The Labute approximate surface area is 254 Å². The summed E-state index contributed by atoms with van der Waals surface area (Å²) >= 11 is 0. The number of hydrogen-bond acceptors (Lipinski definition) is 4. The van der Waals surface area contributed by atoms with Crippen LogP contribution >= 0.6 is 0 Å². The highest BCUT2D eigenvalue weighted by Crippen LogP contribution is 2.40. The zero-order chi connectivity index (χ0) is 29.9. The number of allylic oxidation sites excluding steroid dienone is 3. The highest BCUT2D eigenvalue weighted by molar-refractivity contribution is 6.19. The lowest BCUT2D eigenvalue weighted by Gasteiger charge is -2.26. The number of hydrogen-bond donors (Lipinski definition) is 0. The first-order valence-electron chi connectivity index (χ1n) is 15.9. The Bertz CT molecular complexity index is 1390. The normalized spacial score (nSPS) is 14.7. The molecule has 0 heterocycles. The number of rotatable bonds is 14. The second-order valence-electron chi connectivity index (χ2n) is 10.8. The maximum atomic E-state index is 5.28. The Morgan fingerprint density at radius 3 is 2.02 bits per heavy atom. The van der Waals surface area contributed by atoms with E-state index in [4.69, 9.17) is 9.73 Å². The summed E-state index contributed by atoms with van der Waals surface area (Å²) in [6, 6.07) is 25.1. The first-order chi connectivity index (χ1) is 20.6. The Morgan fingerprint density at radius 1 is 0.738 bits per heavy atom. The standard InChI is InChI=1S/C38H49N3O/c1-7-12-15-30-28-32(41(10-4)11-5)22-23-33(30)38(29-18-20-31(21-19-29)40(8-2)9-3)36-24-25-37(39-26-27-42-6)35-17-14-13-16-34(35)36/h13-14,16-25,28H,7-12,15,26-27H2,1-6H3/b38-36+,39-37?. The molecule has 4 nitrogen and oxygen atoms in total. The molecule has 222 valence electrons. The van der Waals surface area contributed by atoms with Crippen molar-refractivity contribution in [3.63, 3.8) is 0 Å². The van der Waals surface area contributed by atoms with Crippen molar-refractivity contribution in [2.75, 3.05) is 56.2 Å². The van der Waals surface area contributed by atoms with Crippen LogP contribution in [0.1, 0.15) is 75.3 Å². The smallest absolute Gasteiger partial charge is 0.0658 e. The minimum absolute atomic E-state index is 0.617. The van der Waals surface area contributed by atoms with Crippen molar-refractivity contribution >= 4 is 28.2 Å². The summed E-state index contributed by atoms with van der Waals surface area (Å²) in [5.41, 5.74) is 12.5. The van der Waals surface area contributed by atoms with Gasteiger partial charge >= 0.3 is 0 Å². The monoisotopic (exact) mass is 563 g/mol. The SMILES string of the molecule is CCCCc1cc(N(CC)CC)ccc1/C(=C1\C=CC(=NCCOC)c2ccccc21)c1ccc(N(CC)CC)cc1. The van der Waals surface area contributed by atoms with Gasteiger partial charge in [-0.2, -0.15) is 0 Å². The van der Waals surface area contributed by atoms with Crippen LogP contribution in [-0.2, 0) is 11.2 Å². The Hall–Kier alpha value is -3.63. The Kier molecular flexibility index (Phi) is 11.6. The van der Waals surface area contributed by atoms with Crippen LogP contribution in [0.15, 0.2) is 83.9 Å². The second kappa shape index (κ2) is 15.6. The molecule has 0 aromatic heterocycles. The molecule has 0 unspecified atom stereocenters. The Morgan fingerprint density at radius 2 is 1.38 bits per heavy atom. The van der Waals surface area contributed by atoms with Crippen molar-refractivity contribution in [1.82, 2.24) is 0 Å². The third-order valence-electron chi connectivity index (χ3n) is 8.32. The van der Waals surface area contributed by atoms with Gasteiger partial charge in [0, 0.05) is 50.2 Å². The molecule has 0 aliphatic heterocycles. The topological polar surface area (TPSA) is 28.1 Å². The van der Waals surface area contributed by atoms with Gasteiger partial charge in [-0.25, -0.2) is 0 Å². The van der Waals surface area contributed by atoms with Gasteiger partial charge in [0.25, 0.3) is 0 Å². The van der Waals surface area contributed by atoms with Crippen molar-refractivity contribution < 1.29 is 4.74 Å². The number of benzene rings is 3. The molecule has 0 saturated heterocycles. The van der Waals surface area contributed by atoms with Crippen molar-refractivity contribution in [2.24, 2.45) is 4.99 Å². The number of fused-ring (bicyclic) bond motifs is 1. The molecule has 0 saturated carbocycles. The first kappa shape index (κ1) is 31.3. The molecule has 1 aliphatic carbocycles. The summed E-state index contributed by atoms with van der Waals surface area (Å²) in [5, 5.41) is 0. The molecule has 0 fully saturated rings. The molecule has 4 heteroatoms. The van der Waals surface area contributed by atoms with E-state index >= 15 is 0 Å². The number of unbranched alkanes of at least 4 members (excludes halogenated alkanes) is 1. The molecule has 0 radical (unpaired) electrons. The van der Waals surface area contributed by atoms with Gasteiger partial charge in [-0.15, -0.1) is 0 Å². The van der Waals surface area contributed by atoms with Crippen LogP contribution in [0.25, 0.3) is 11.1 Å². The predicted octanol–water partition coefficient (Wildman–Crippen LogP) is 8.69. The molecule has 4 rings (SSSR count). The fourth-order valence-electron chi connectivity index (χ4n) is 5.96. The quantitative estimate of drug-likeness (QED) is 0.184. The number of nitrogens with zero attached hydrogens (tertiary/aromatic N) is 3. The van der Waals surface area contributed by atoms with Crippen molar-refractivity contribution in [3.05, 3.63) is 107 Å². The van der Waals surface area contributed by atoms with Gasteiger partial charge in [0.05, 0.1) is 18.9 Å². The number of anilines is 2. The molecular weight excluding hydrogens is 514 g/mol. The highest BCUT2D eigenvalue weighted by atomic mass is 16.5. The van der Waals surface area contributed by atoms with Gasteiger partial charge in [-0.05, 0) is 104 Å². The van der Waals surface area contributed by atoms with Crippen LogP contribution in [0.3, 0.4) is 0 Å². The minimum atomic E-state index is 0.617. The first-order valence-corrected chi connectivity index (χ1v) is 15.9. The van der Waals surface area contributed by atoms with Crippen LogP contribution in [0.5, 0.6) is 0 Å². The van der Waals surface area contributed by atoms with Crippen LogP contribution in [0.2, 0.25) is 0 Å². The maximum absolute atomic E-state index is 5.28. The maximum Gasteiger partial charge on any atom is 0.0658 e. The summed E-state index contributed by atoms with van der Waals surface area (Å²) in [7, 11) is 1.73. The van der Waals surface area contributed by atoms with Crippen LogP contribution < -0.4 is 9.80 Å². The third-order valence-corrected chi connectivity index (χ3v) is 8.32.